The molecule has 1 aliphatic carbocycles. The van der Waals surface area contributed by atoms with Crippen molar-refractivity contribution in [1.29, 1.82) is 0 Å². The zero-order valence-electron chi connectivity index (χ0n) is 11.3. The number of hydrogen-bond donors (Lipinski definition) is 1. The maximum atomic E-state index is 6.19. The van der Waals surface area contributed by atoms with E-state index in [1.165, 1.54) is 25.7 Å². The predicted molar refractivity (Wildman–Crippen MR) is 79.9 cm³/mol. The van der Waals surface area contributed by atoms with Crippen molar-refractivity contribution in [3.05, 3.63) is 35.0 Å². The summed E-state index contributed by atoms with van der Waals surface area (Å²) < 4.78 is 6.02. The molecule has 1 N–H and O–H groups in total. The Morgan fingerprint density at radius 1 is 1.37 bits per heavy atom. The molecule has 0 saturated heterocycles. The summed E-state index contributed by atoms with van der Waals surface area (Å²) >= 11 is 6.19. The fourth-order valence-corrected chi connectivity index (χ4v) is 3.33. The van der Waals surface area contributed by atoms with E-state index in [9.17, 15) is 0 Å². The molecular weight excluding hydrogens is 258 g/mol. The van der Waals surface area contributed by atoms with Crippen molar-refractivity contribution in [1.82, 2.24) is 5.32 Å². The number of benzene rings is 1. The second kappa shape index (κ2) is 5.56. The van der Waals surface area contributed by atoms with Crippen LogP contribution in [0.1, 0.15) is 44.3 Å². The molecule has 0 spiro atoms. The molecule has 0 aliphatic heterocycles. The lowest BCUT2D eigenvalue weighted by Gasteiger charge is -2.18. The van der Waals surface area contributed by atoms with Crippen molar-refractivity contribution < 1.29 is 4.42 Å². The summed E-state index contributed by atoms with van der Waals surface area (Å²) in [6.45, 7) is 3.29. The van der Waals surface area contributed by atoms with E-state index in [1.54, 1.807) is 0 Å². The average molecular weight is 278 g/mol. The van der Waals surface area contributed by atoms with E-state index in [-0.39, 0.29) is 0 Å². The average Bonchev–Trinajstić information content (AvgIpc) is 3.02. The minimum Gasteiger partial charge on any atom is -0.459 e. The first-order chi connectivity index (χ1) is 9.29. The third kappa shape index (κ3) is 2.52. The van der Waals surface area contributed by atoms with Gasteiger partial charge in [0.25, 0.3) is 0 Å². The number of furan rings is 1. The Bertz CT molecular complexity index is 563. The van der Waals surface area contributed by atoms with Gasteiger partial charge >= 0.3 is 0 Å². The molecule has 3 rings (SSSR count). The number of para-hydroxylation sites is 1. The van der Waals surface area contributed by atoms with Gasteiger partial charge in [-0.05, 0) is 37.9 Å². The lowest BCUT2D eigenvalue weighted by Crippen LogP contribution is -2.31. The fourth-order valence-electron chi connectivity index (χ4n) is 3.10. The van der Waals surface area contributed by atoms with Crippen molar-refractivity contribution >= 4 is 22.6 Å². The van der Waals surface area contributed by atoms with Crippen LogP contribution in [-0.4, -0.2) is 12.6 Å². The van der Waals surface area contributed by atoms with Crippen LogP contribution in [0, 0.1) is 0 Å². The molecule has 1 aromatic carbocycles. The predicted octanol–water partition coefficient (Wildman–Crippen LogP) is 4.72. The molecule has 0 amide bonds. The highest BCUT2D eigenvalue weighted by Gasteiger charge is 2.30. The van der Waals surface area contributed by atoms with Crippen LogP contribution in [0.15, 0.2) is 28.7 Å². The van der Waals surface area contributed by atoms with Gasteiger partial charge in [0.05, 0.1) is 5.02 Å². The van der Waals surface area contributed by atoms with Crippen LogP contribution < -0.4 is 5.32 Å². The number of fused-ring (bicyclic) bond motifs is 1. The van der Waals surface area contributed by atoms with Crippen LogP contribution >= 0.6 is 11.6 Å². The number of hydrogen-bond acceptors (Lipinski definition) is 2. The van der Waals surface area contributed by atoms with Gasteiger partial charge in [0.1, 0.15) is 5.76 Å². The zero-order chi connectivity index (χ0) is 13.2. The Morgan fingerprint density at radius 2 is 2.26 bits per heavy atom. The Hall–Kier alpha value is -0.990. The topological polar surface area (TPSA) is 25.2 Å². The minimum absolute atomic E-state index is 0.495. The van der Waals surface area contributed by atoms with Crippen LogP contribution in [-0.2, 0) is 0 Å². The third-order valence-corrected chi connectivity index (χ3v) is 4.35. The van der Waals surface area contributed by atoms with E-state index in [0.29, 0.717) is 17.0 Å². The van der Waals surface area contributed by atoms with Gasteiger partial charge < -0.3 is 9.73 Å². The highest BCUT2D eigenvalue weighted by Crippen LogP contribution is 2.38. The van der Waals surface area contributed by atoms with Gasteiger partial charge in [-0.2, -0.15) is 0 Å². The van der Waals surface area contributed by atoms with E-state index in [0.717, 1.165) is 23.3 Å². The molecule has 2 unspecified atom stereocenters. The van der Waals surface area contributed by atoms with Crippen LogP contribution in [0.25, 0.3) is 11.0 Å². The third-order valence-electron chi connectivity index (χ3n) is 4.05. The van der Waals surface area contributed by atoms with Crippen molar-refractivity contribution in [2.24, 2.45) is 0 Å². The van der Waals surface area contributed by atoms with Gasteiger partial charge in [-0.25, -0.2) is 0 Å². The first kappa shape index (κ1) is 13.0. The van der Waals surface area contributed by atoms with E-state index >= 15 is 0 Å². The summed E-state index contributed by atoms with van der Waals surface area (Å²) in [5.41, 5.74) is 0.834. The highest BCUT2D eigenvalue weighted by atomic mass is 35.5. The summed E-state index contributed by atoms with van der Waals surface area (Å²) in [6, 6.07) is 8.65. The van der Waals surface area contributed by atoms with E-state index in [4.69, 9.17) is 16.0 Å². The standard InChI is InChI=1S/C16H20ClNO/c1-2-9-18-14-8-4-6-12(14)15-10-11-5-3-7-13(17)16(11)19-15/h3,5,7,10,12,14,18H,2,4,6,8-9H2,1H3. The molecule has 2 nitrogen and oxygen atoms in total. The first-order valence-electron chi connectivity index (χ1n) is 7.21. The van der Waals surface area contributed by atoms with Crippen LogP contribution in [0.2, 0.25) is 5.02 Å². The Kier molecular flexibility index (Phi) is 3.81. The number of rotatable bonds is 4. The van der Waals surface area contributed by atoms with Gasteiger partial charge in [0.15, 0.2) is 5.58 Å². The van der Waals surface area contributed by atoms with Gasteiger partial charge in [-0.15, -0.1) is 0 Å². The lowest BCUT2D eigenvalue weighted by molar-refractivity contribution is 0.417. The summed E-state index contributed by atoms with van der Waals surface area (Å²) in [7, 11) is 0. The smallest absolute Gasteiger partial charge is 0.152 e. The second-order valence-electron chi connectivity index (χ2n) is 5.40. The van der Waals surface area contributed by atoms with E-state index in [2.05, 4.69) is 24.4 Å². The van der Waals surface area contributed by atoms with Gasteiger partial charge in [0.2, 0.25) is 0 Å². The van der Waals surface area contributed by atoms with Crippen molar-refractivity contribution in [2.45, 2.75) is 44.6 Å². The summed E-state index contributed by atoms with van der Waals surface area (Å²) in [5, 5.41) is 5.47. The van der Waals surface area contributed by atoms with E-state index < -0.39 is 0 Å². The summed E-state index contributed by atoms with van der Waals surface area (Å²) in [5.74, 6) is 1.59. The molecule has 2 atom stereocenters. The number of halogens is 1. The fraction of sp³-hybridized carbons (Fsp3) is 0.500. The quantitative estimate of drug-likeness (QED) is 0.875. The molecule has 2 aromatic rings. The lowest BCUT2D eigenvalue weighted by atomic mass is 10.00. The highest BCUT2D eigenvalue weighted by molar-refractivity contribution is 6.34. The molecule has 0 bridgehead atoms. The van der Waals surface area contributed by atoms with Crippen molar-refractivity contribution in [2.75, 3.05) is 6.54 Å². The van der Waals surface area contributed by atoms with Gasteiger partial charge in [0, 0.05) is 17.3 Å². The minimum atomic E-state index is 0.495. The Labute approximate surface area is 119 Å². The molecule has 1 saturated carbocycles. The monoisotopic (exact) mass is 277 g/mol. The van der Waals surface area contributed by atoms with Crippen LogP contribution in [0.5, 0.6) is 0 Å². The molecule has 1 heterocycles. The molecule has 1 aromatic heterocycles. The molecule has 1 fully saturated rings. The largest absolute Gasteiger partial charge is 0.459 e. The molecule has 3 heteroatoms. The van der Waals surface area contributed by atoms with Crippen LogP contribution in [0.4, 0.5) is 0 Å². The second-order valence-corrected chi connectivity index (χ2v) is 5.81. The number of nitrogens with one attached hydrogen (secondary N) is 1. The summed E-state index contributed by atoms with van der Waals surface area (Å²) in [4.78, 5) is 0. The van der Waals surface area contributed by atoms with Gasteiger partial charge in [-0.1, -0.05) is 37.1 Å². The molecule has 0 radical (unpaired) electrons. The van der Waals surface area contributed by atoms with Crippen LogP contribution in [0.3, 0.4) is 0 Å². The molecular formula is C16H20ClNO. The Balaban J connectivity index is 1.88. The van der Waals surface area contributed by atoms with E-state index in [1.807, 2.05) is 12.1 Å². The maximum Gasteiger partial charge on any atom is 0.152 e. The normalized spacial score (nSPS) is 23.3. The SMILES string of the molecule is CCCNC1CCCC1c1cc2cccc(Cl)c2o1. The first-order valence-corrected chi connectivity index (χ1v) is 7.58. The molecule has 102 valence electrons. The van der Waals surface area contributed by atoms with Crippen molar-refractivity contribution in [3.63, 3.8) is 0 Å². The molecule has 1 aliphatic rings. The molecule has 19 heavy (non-hydrogen) atoms. The van der Waals surface area contributed by atoms with Crippen molar-refractivity contribution in [3.8, 4) is 0 Å². The maximum absolute atomic E-state index is 6.19. The zero-order valence-corrected chi connectivity index (χ0v) is 12.0. The Morgan fingerprint density at radius 3 is 3.05 bits per heavy atom. The summed E-state index contributed by atoms with van der Waals surface area (Å²) in [6.07, 6.45) is 4.90. The van der Waals surface area contributed by atoms with Gasteiger partial charge in [-0.3, -0.25) is 0 Å².